The maximum atomic E-state index is 5.69. The molecule has 0 unspecified atom stereocenters. The molecule has 1 saturated heterocycles. The minimum atomic E-state index is 0.452. The van der Waals surface area contributed by atoms with E-state index in [0.717, 1.165) is 29.2 Å². The van der Waals surface area contributed by atoms with Crippen LogP contribution in [0.1, 0.15) is 31.2 Å². The fourth-order valence-electron chi connectivity index (χ4n) is 3.51. The van der Waals surface area contributed by atoms with E-state index in [0.29, 0.717) is 4.99 Å². The lowest BCUT2D eigenvalue weighted by molar-refractivity contribution is 0.187. The summed E-state index contributed by atoms with van der Waals surface area (Å²) in [7, 11) is 0. The summed E-state index contributed by atoms with van der Waals surface area (Å²) in [6.07, 6.45) is 5.62. The first-order chi connectivity index (χ1) is 10.1. The van der Waals surface area contributed by atoms with Crippen molar-refractivity contribution in [3.63, 3.8) is 0 Å². The van der Waals surface area contributed by atoms with Crippen LogP contribution in [0.25, 0.3) is 0 Å². The highest BCUT2D eigenvalue weighted by Gasteiger charge is 2.26. The second kappa shape index (κ2) is 6.63. The van der Waals surface area contributed by atoms with Gasteiger partial charge in [0.2, 0.25) is 0 Å². The van der Waals surface area contributed by atoms with Crippen molar-refractivity contribution in [1.82, 2.24) is 4.90 Å². The van der Waals surface area contributed by atoms with Crippen LogP contribution < -0.4 is 10.6 Å². The molecule has 1 aliphatic heterocycles. The average Bonchev–Trinajstić information content (AvgIpc) is 3.01. The van der Waals surface area contributed by atoms with Crippen LogP contribution in [0.2, 0.25) is 0 Å². The van der Waals surface area contributed by atoms with E-state index in [1.54, 1.807) is 0 Å². The average molecular weight is 368 g/mol. The van der Waals surface area contributed by atoms with Crippen LogP contribution in [0.4, 0.5) is 5.69 Å². The minimum absolute atomic E-state index is 0.452. The van der Waals surface area contributed by atoms with Gasteiger partial charge >= 0.3 is 0 Å². The van der Waals surface area contributed by atoms with Crippen LogP contribution in [0, 0.1) is 0 Å². The zero-order chi connectivity index (χ0) is 14.8. The van der Waals surface area contributed by atoms with Crippen molar-refractivity contribution in [2.45, 2.75) is 31.7 Å². The number of hydrogen-bond donors (Lipinski definition) is 1. The molecule has 2 fully saturated rings. The third kappa shape index (κ3) is 3.41. The Labute approximate surface area is 140 Å². The molecule has 3 rings (SSSR count). The van der Waals surface area contributed by atoms with Gasteiger partial charge in [-0.2, -0.15) is 0 Å². The van der Waals surface area contributed by atoms with E-state index in [1.165, 1.54) is 44.5 Å². The van der Waals surface area contributed by atoms with Gasteiger partial charge in [-0.05, 0) is 47.0 Å². The second-order valence-corrected chi connectivity index (χ2v) is 7.29. The normalized spacial score (nSPS) is 20.9. The topological polar surface area (TPSA) is 32.5 Å². The summed E-state index contributed by atoms with van der Waals surface area (Å²) in [6.45, 7) is 4.55. The van der Waals surface area contributed by atoms with Gasteiger partial charge in [0.25, 0.3) is 0 Å². The summed E-state index contributed by atoms with van der Waals surface area (Å²) >= 11 is 8.70. The molecule has 1 heterocycles. The standard InChI is InChI=1S/C16H22BrN3S/c17-14-11-12(16(18)21)5-6-15(14)20-9-7-19(8-10-20)13-3-1-2-4-13/h5-6,11,13H,1-4,7-10H2,(H2,18,21). The van der Waals surface area contributed by atoms with Crippen molar-refractivity contribution in [2.24, 2.45) is 5.73 Å². The minimum Gasteiger partial charge on any atom is -0.389 e. The Bertz CT molecular complexity index is 520. The van der Waals surface area contributed by atoms with Crippen molar-refractivity contribution in [2.75, 3.05) is 31.1 Å². The highest BCUT2D eigenvalue weighted by Crippen LogP contribution is 2.30. The number of rotatable bonds is 3. The Morgan fingerprint density at radius 2 is 1.81 bits per heavy atom. The number of hydrogen-bond acceptors (Lipinski definition) is 3. The molecule has 0 aromatic heterocycles. The number of nitrogens with two attached hydrogens (primary N) is 1. The lowest BCUT2D eigenvalue weighted by atomic mass is 10.1. The van der Waals surface area contributed by atoms with Gasteiger partial charge in [0, 0.05) is 42.3 Å². The van der Waals surface area contributed by atoms with Gasteiger partial charge in [0.15, 0.2) is 0 Å². The van der Waals surface area contributed by atoms with Crippen LogP contribution >= 0.6 is 28.1 Å². The largest absolute Gasteiger partial charge is 0.389 e. The number of nitrogens with zero attached hydrogens (tertiary/aromatic N) is 2. The van der Waals surface area contributed by atoms with E-state index in [9.17, 15) is 0 Å². The highest BCUT2D eigenvalue weighted by molar-refractivity contribution is 9.10. The molecule has 5 heteroatoms. The van der Waals surface area contributed by atoms with E-state index in [1.807, 2.05) is 12.1 Å². The Morgan fingerprint density at radius 1 is 1.14 bits per heavy atom. The first-order valence-corrected chi connectivity index (χ1v) is 8.93. The van der Waals surface area contributed by atoms with Gasteiger partial charge in [-0.25, -0.2) is 0 Å². The SMILES string of the molecule is NC(=S)c1ccc(N2CCN(C3CCCC3)CC2)c(Br)c1. The molecule has 2 aliphatic rings. The Balaban J connectivity index is 1.65. The van der Waals surface area contributed by atoms with Crippen LogP contribution in [-0.4, -0.2) is 42.1 Å². The number of anilines is 1. The lowest BCUT2D eigenvalue weighted by Crippen LogP contribution is -2.49. The molecule has 0 amide bonds. The molecular formula is C16H22BrN3S. The van der Waals surface area contributed by atoms with Crippen molar-refractivity contribution < 1.29 is 0 Å². The lowest BCUT2D eigenvalue weighted by Gasteiger charge is -2.39. The summed E-state index contributed by atoms with van der Waals surface area (Å²) in [5, 5.41) is 0. The summed E-state index contributed by atoms with van der Waals surface area (Å²) in [5.74, 6) is 0. The second-order valence-electron chi connectivity index (χ2n) is 5.99. The van der Waals surface area contributed by atoms with E-state index in [4.69, 9.17) is 18.0 Å². The first-order valence-electron chi connectivity index (χ1n) is 7.73. The Morgan fingerprint density at radius 3 is 2.38 bits per heavy atom. The fraction of sp³-hybridized carbons (Fsp3) is 0.562. The summed E-state index contributed by atoms with van der Waals surface area (Å²) in [5.41, 5.74) is 7.86. The fourth-order valence-corrected chi connectivity index (χ4v) is 4.27. The van der Waals surface area contributed by atoms with Gasteiger partial charge in [-0.1, -0.05) is 25.1 Å². The van der Waals surface area contributed by atoms with E-state index < -0.39 is 0 Å². The zero-order valence-electron chi connectivity index (χ0n) is 12.2. The number of piperazine rings is 1. The summed E-state index contributed by atoms with van der Waals surface area (Å²) in [4.78, 5) is 5.59. The molecule has 1 aliphatic carbocycles. The van der Waals surface area contributed by atoms with Crippen molar-refractivity contribution in [1.29, 1.82) is 0 Å². The molecular weight excluding hydrogens is 346 g/mol. The molecule has 0 radical (unpaired) electrons. The molecule has 2 N–H and O–H groups in total. The summed E-state index contributed by atoms with van der Waals surface area (Å²) < 4.78 is 1.09. The third-order valence-corrected chi connectivity index (χ3v) is 5.60. The van der Waals surface area contributed by atoms with Gasteiger partial charge in [-0.3, -0.25) is 4.90 Å². The van der Waals surface area contributed by atoms with Gasteiger partial charge in [0.1, 0.15) is 4.99 Å². The molecule has 0 spiro atoms. The molecule has 1 aromatic rings. The molecule has 0 atom stereocenters. The molecule has 1 saturated carbocycles. The van der Waals surface area contributed by atoms with E-state index in [2.05, 4.69) is 31.8 Å². The van der Waals surface area contributed by atoms with Gasteiger partial charge in [0.05, 0.1) is 5.69 Å². The van der Waals surface area contributed by atoms with E-state index >= 15 is 0 Å². The molecule has 1 aromatic carbocycles. The number of benzene rings is 1. The maximum Gasteiger partial charge on any atom is 0.104 e. The van der Waals surface area contributed by atoms with Crippen molar-refractivity contribution in [3.8, 4) is 0 Å². The molecule has 114 valence electrons. The number of halogens is 1. The van der Waals surface area contributed by atoms with E-state index in [-0.39, 0.29) is 0 Å². The predicted molar refractivity (Wildman–Crippen MR) is 96.1 cm³/mol. The smallest absolute Gasteiger partial charge is 0.104 e. The molecule has 21 heavy (non-hydrogen) atoms. The quantitative estimate of drug-likeness (QED) is 0.831. The van der Waals surface area contributed by atoms with Crippen molar-refractivity contribution in [3.05, 3.63) is 28.2 Å². The Kier molecular flexibility index (Phi) is 4.82. The molecule has 0 bridgehead atoms. The maximum absolute atomic E-state index is 5.69. The number of thiocarbonyl (C=S) groups is 1. The molecule has 3 nitrogen and oxygen atoms in total. The zero-order valence-corrected chi connectivity index (χ0v) is 14.6. The van der Waals surface area contributed by atoms with Crippen LogP contribution in [-0.2, 0) is 0 Å². The highest BCUT2D eigenvalue weighted by atomic mass is 79.9. The predicted octanol–water partition coefficient (Wildman–Crippen LogP) is 3.15. The van der Waals surface area contributed by atoms with Crippen molar-refractivity contribution >= 4 is 38.8 Å². The summed E-state index contributed by atoms with van der Waals surface area (Å²) in [6, 6.07) is 7.02. The van der Waals surface area contributed by atoms with Gasteiger partial charge in [-0.15, -0.1) is 0 Å². The Hall–Kier alpha value is -0.650. The third-order valence-electron chi connectivity index (χ3n) is 4.73. The first kappa shape index (κ1) is 15.3. The monoisotopic (exact) mass is 367 g/mol. The van der Waals surface area contributed by atoms with Crippen LogP contribution in [0.5, 0.6) is 0 Å². The van der Waals surface area contributed by atoms with Gasteiger partial charge < -0.3 is 10.6 Å². The van der Waals surface area contributed by atoms with Crippen LogP contribution in [0.15, 0.2) is 22.7 Å². The van der Waals surface area contributed by atoms with Crippen LogP contribution in [0.3, 0.4) is 0 Å².